The first kappa shape index (κ1) is 11.4. The number of carbonyl (C=O) groups is 1. The molecular formula is C9H19NO2. The molecule has 1 N–H and O–H groups in total. The minimum Gasteiger partial charge on any atom is -0.465 e. The molecule has 0 radical (unpaired) electrons. The zero-order chi connectivity index (χ0) is 9.40. The van der Waals surface area contributed by atoms with Gasteiger partial charge in [-0.25, -0.2) is 0 Å². The van der Waals surface area contributed by atoms with E-state index >= 15 is 0 Å². The van der Waals surface area contributed by atoms with Crippen molar-refractivity contribution in [3.8, 4) is 0 Å². The summed E-state index contributed by atoms with van der Waals surface area (Å²) < 4.78 is 4.75. The SMILES string of the molecule is CC(=O)OCCNCCC(C)C. The van der Waals surface area contributed by atoms with Crippen LogP contribution in [0.25, 0.3) is 0 Å². The van der Waals surface area contributed by atoms with Crippen LogP contribution in [0.15, 0.2) is 0 Å². The van der Waals surface area contributed by atoms with Gasteiger partial charge in [0.1, 0.15) is 6.61 Å². The van der Waals surface area contributed by atoms with Crippen LogP contribution in [0.1, 0.15) is 27.2 Å². The van der Waals surface area contributed by atoms with Crippen molar-refractivity contribution in [3.63, 3.8) is 0 Å². The number of hydrogen-bond acceptors (Lipinski definition) is 3. The number of hydrogen-bond donors (Lipinski definition) is 1. The molecule has 0 heterocycles. The van der Waals surface area contributed by atoms with Crippen LogP contribution in [0, 0.1) is 5.92 Å². The van der Waals surface area contributed by atoms with Crippen molar-refractivity contribution in [2.24, 2.45) is 5.92 Å². The molecule has 0 unspecified atom stereocenters. The van der Waals surface area contributed by atoms with E-state index in [0.717, 1.165) is 19.0 Å². The lowest BCUT2D eigenvalue weighted by molar-refractivity contribution is -0.140. The summed E-state index contributed by atoms with van der Waals surface area (Å²) >= 11 is 0. The highest BCUT2D eigenvalue weighted by atomic mass is 16.5. The highest BCUT2D eigenvalue weighted by Gasteiger charge is 1.94. The van der Waals surface area contributed by atoms with E-state index in [1.54, 1.807) is 0 Å². The molecule has 3 heteroatoms. The zero-order valence-corrected chi connectivity index (χ0v) is 8.22. The minimum absolute atomic E-state index is 0.208. The van der Waals surface area contributed by atoms with Gasteiger partial charge in [-0.15, -0.1) is 0 Å². The van der Waals surface area contributed by atoms with Crippen molar-refractivity contribution < 1.29 is 9.53 Å². The molecule has 0 fully saturated rings. The van der Waals surface area contributed by atoms with Gasteiger partial charge >= 0.3 is 5.97 Å². The van der Waals surface area contributed by atoms with Gasteiger partial charge in [0.2, 0.25) is 0 Å². The average Bonchev–Trinajstić information content (AvgIpc) is 1.95. The van der Waals surface area contributed by atoms with Gasteiger partial charge in [-0.2, -0.15) is 0 Å². The lowest BCUT2D eigenvalue weighted by atomic mass is 10.1. The Morgan fingerprint density at radius 2 is 2.08 bits per heavy atom. The monoisotopic (exact) mass is 173 g/mol. The molecule has 0 aliphatic rings. The van der Waals surface area contributed by atoms with Crippen molar-refractivity contribution in [1.82, 2.24) is 5.32 Å². The second-order valence-electron chi connectivity index (χ2n) is 3.27. The summed E-state index contributed by atoms with van der Waals surface area (Å²) in [5.41, 5.74) is 0. The molecule has 0 saturated heterocycles. The zero-order valence-electron chi connectivity index (χ0n) is 8.22. The molecule has 72 valence electrons. The van der Waals surface area contributed by atoms with Crippen molar-refractivity contribution in [1.29, 1.82) is 0 Å². The second kappa shape index (κ2) is 7.10. The van der Waals surface area contributed by atoms with Crippen LogP contribution >= 0.6 is 0 Å². The number of ether oxygens (including phenoxy) is 1. The predicted octanol–water partition coefficient (Wildman–Crippen LogP) is 1.19. The summed E-state index contributed by atoms with van der Waals surface area (Å²) in [4.78, 5) is 10.3. The van der Waals surface area contributed by atoms with Crippen molar-refractivity contribution in [2.75, 3.05) is 19.7 Å². The fourth-order valence-electron chi connectivity index (χ4n) is 0.783. The Labute approximate surface area is 74.5 Å². The van der Waals surface area contributed by atoms with Gasteiger partial charge in [0.25, 0.3) is 0 Å². The molecular weight excluding hydrogens is 154 g/mol. The fourth-order valence-corrected chi connectivity index (χ4v) is 0.783. The summed E-state index contributed by atoms with van der Waals surface area (Å²) in [5, 5.41) is 3.19. The largest absolute Gasteiger partial charge is 0.465 e. The number of carbonyl (C=O) groups excluding carboxylic acids is 1. The van der Waals surface area contributed by atoms with Crippen LogP contribution in [0.3, 0.4) is 0 Å². The van der Waals surface area contributed by atoms with Gasteiger partial charge in [0.15, 0.2) is 0 Å². The van der Waals surface area contributed by atoms with E-state index in [-0.39, 0.29) is 5.97 Å². The van der Waals surface area contributed by atoms with E-state index in [1.165, 1.54) is 13.3 Å². The van der Waals surface area contributed by atoms with Gasteiger partial charge in [-0.05, 0) is 18.9 Å². The maximum Gasteiger partial charge on any atom is 0.302 e. The van der Waals surface area contributed by atoms with E-state index in [0.29, 0.717) is 6.61 Å². The molecule has 0 aromatic heterocycles. The third kappa shape index (κ3) is 9.43. The van der Waals surface area contributed by atoms with Gasteiger partial charge in [0.05, 0.1) is 0 Å². The maximum atomic E-state index is 10.3. The first-order valence-corrected chi connectivity index (χ1v) is 4.47. The standard InChI is InChI=1S/C9H19NO2/c1-8(2)4-5-10-6-7-12-9(3)11/h8,10H,4-7H2,1-3H3. The molecule has 0 rings (SSSR count). The van der Waals surface area contributed by atoms with Gasteiger partial charge < -0.3 is 10.1 Å². The van der Waals surface area contributed by atoms with Crippen LogP contribution in [0.2, 0.25) is 0 Å². The Morgan fingerprint density at radius 1 is 1.42 bits per heavy atom. The highest BCUT2D eigenvalue weighted by Crippen LogP contribution is 1.95. The smallest absolute Gasteiger partial charge is 0.302 e. The van der Waals surface area contributed by atoms with Gasteiger partial charge in [-0.3, -0.25) is 4.79 Å². The lowest BCUT2D eigenvalue weighted by Gasteiger charge is -2.06. The Balaban J connectivity index is 2.96. The lowest BCUT2D eigenvalue weighted by Crippen LogP contribution is -2.22. The minimum atomic E-state index is -0.208. The van der Waals surface area contributed by atoms with Crippen LogP contribution in [0.4, 0.5) is 0 Å². The molecule has 12 heavy (non-hydrogen) atoms. The molecule has 0 saturated carbocycles. The molecule has 0 aromatic carbocycles. The molecule has 3 nitrogen and oxygen atoms in total. The predicted molar refractivity (Wildman–Crippen MR) is 49.0 cm³/mol. The Bertz CT molecular complexity index is 124. The normalized spacial score (nSPS) is 10.3. The Hall–Kier alpha value is -0.570. The molecule has 0 bridgehead atoms. The van der Waals surface area contributed by atoms with Crippen LogP contribution in [-0.2, 0) is 9.53 Å². The number of nitrogens with one attached hydrogen (secondary N) is 1. The third-order valence-corrected chi connectivity index (χ3v) is 1.48. The second-order valence-corrected chi connectivity index (χ2v) is 3.27. The van der Waals surface area contributed by atoms with Crippen LogP contribution in [-0.4, -0.2) is 25.7 Å². The summed E-state index contributed by atoms with van der Waals surface area (Å²) in [7, 11) is 0. The maximum absolute atomic E-state index is 10.3. The highest BCUT2D eigenvalue weighted by molar-refractivity contribution is 5.65. The fraction of sp³-hybridized carbons (Fsp3) is 0.889. The molecule has 0 aliphatic carbocycles. The van der Waals surface area contributed by atoms with E-state index in [2.05, 4.69) is 19.2 Å². The quantitative estimate of drug-likeness (QED) is 0.484. The Morgan fingerprint density at radius 3 is 2.58 bits per heavy atom. The molecule has 0 amide bonds. The molecule has 0 spiro atoms. The van der Waals surface area contributed by atoms with E-state index < -0.39 is 0 Å². The summed E-state index contributed by atoms with van der Waals surface area (Å²) in [5.74, 6) is 0.520. The van der Waals surface area contributed by atoms with Crippen molar-refractivity contribution >= 4 is 5.97 Å². The number of esters is 1. The van der Waals surface area contributed by atoms with Gasteiger partial charge in [-0.1, -0.05) is 13.8 Å². The van der Waals surface area contributed by atoms with E-state index in [4.69, 9.17) is 4.74 Å². The number of rotatable bonds is 6. The van der Waals surface area contributed by atoms with Crippen LogP contribution in [0.5, 0.6) is 0 Å². The van der Waals surface area contributed by atoms with Gasteiger partial charge in [0, 0.05) is 13.5 Å². The molecule has 0 aliphatic heterocycles. The molecule has 0 atom stereocenters. The topological polar surface area (TPSA) is 38.3 Å². The van der Waals surface area contributed by atoms with Crippen molar-refractivity contribution in [2.45, 2.75) is 27.2 Å². The summed E-state index contributed by atoms with van der Waals surface area (Å²) in [6, 6.07) is 0. The Kier molecular flexibility index (Phi) is 6.76. The van der Waals surface area contributed by atoms with E-state index in [1.807, 2.05) is 0 Å². The first-order valence-electron chi connectivity index (χ1n) is 4.47. The average molecular weight is 173 g/mol. The van der Waals surface area contributed by atoms with E-state index in [9.17, 15) is 4.79 Å². The van der Waals surface area contributed by atoms with Crippen molar-refractivity contribution in [3.05, 3.63) is 0 Å². The summed E-state index contributed by atoms with van der Waals surface area (Å²) in [6.45, 7) is 8.04. The van der Waals surface area contributed by atoms with Crippen LogP contribution < -0.4 is 5.32 Å². The first-order chi connectivity index (χ1) is 5.63. The summed E-state index contributed by atoms with van der Waals surface area (Å²) in [6.07, 6.45) is 1.17. The molecule has 0 aromatic rings. The third-order valence-electron chi connectivity index (χ3n) is 1.48.